The first kappa shape index (κ1) is 13.0. The number of nitrogens with one attached hydrogen (secondary N) is 1. The summed E-state index contributed by atoms with van der Waals surface area (Å²) in [5, 5.41) is 8.62. The number of benzene rings is 1. The molecule has 0 unspecified atom stereocenters. The Morgan fingerprint density at radius 3 is 2.56 bits per heavy atom. The van der Waals surface area contributed by atoms with Gasteiger partial charge in [-0.2, -0.15) is 0 Å². The monoisotopic (exact) mass is 244 g/mol. The molecule has 0 atom stereocenters. The average molecular weight is 244 g/mol. The number of rotatable bonds is 4. The molecule has 0 aromatic heterocycles. The molecular weight excluding hydrogens is 228 g/mol. The minimum Gasteiger partial charge on any atom is -0.398 e. The van der Waals surface area contributed by atoms with Crippen LogP contribution in [0.2, 0.25) is 0 Å². The molecule has 0 saturated carbocycles. The predicted molar refractivity (Wildman–Crippen MR) is 62.6 cm³/mol. The smallest absolute Gasteiger partial charge is 0.241 e. The number of aliphatic hydroxyl groups excluding tert-OH is 1. The van der Waals surface area contributed by atoms with E-state index in [2.05, 4.69) is 4.72 Å². The third kappa shape index (κ3) is 2.52. The number of aryl methyl sites for hydroxylation is 1. The van der Waals surface area contributed by atoms with Crippen molar-refractivity contribution in [3.63, 3.8) is 0 Å². The topological polar surface area (TPSA) is 92.4 Å². The van der Waals surface area contributed by atoms with Crippen LogP contribution >= 0.6 is 0 Å². The van der Waals surface area contributed by atoms with Crippen molar-refractivity contribution in [1.29, 1.82) is 0 Å². The lowest BCUT2D eigenvalue weighted by molar-refractivity contribution is 0.301. The van der Waals surface area contributed by atoms with E-state index in [-0.39, 0.29) is 18.0 Å². The molecule has 0 heterocycles. The van der Waals surface area contributed by atoms with Crippen molar-refractivity contribution in [2.24, 2.45) is 0 Å². The van der Waals surface area contributed by atoms with E-state index in [4.69, 9.17) is 10.8 Å². The summed E-state index contributed by atoms with van der Waals surface area (Å²) in [6, 6.07) is 3.34. The highest BCUT2D eigenvalue weighted by Gasteiger charge is 2.19. The minimum absolute atomic E-state index is 0.00396. The maximum atomic E-state index is 11.9. The first-order chi connectivity index (χ1) is 7.40. The molecule has 1 aromatic rings. The molecule has 6 heteroatoms. The summed E-state index contributed by atoms with van der Waals surface area (Å²) in [6.45, 7) is 3.13. The normalized spacial score (nSPS) is 11.7. The summed E-state index contributed by atoms with van der Waals surface area (Å²) >= 11 is 0. The van der Waals surface area contributed by atoms with E-state index in [1.807, 2.05) is 0 Å². The molecular formula is C10H16N2O3S. The van der Waals surface area contributed by atoms with Gasteiger partial charge < -0.3 is 10.8 Å². The third-order valence-electron chi connectivity index (χ3n) is 2.32. The van der Waals surface area contributed by atoms with Crippen LogP contribution in [0, 0.1) is 13.8 Å². The summed E-state index contributed by atoms with van der Waals surface area (Å²) in [5.74, 6) is 0. The van der Waals surface area contributed by atoms with Gasteiger partial charge in [0.25, 0.3) is 0 Å². The summed E-state index contributed by atoms with van der Waals surface area (Å²) in [7, 11) is -3.60. The Kier molecular flexibility index (Phi) is 3.90. The zero-order valence-electron chi connectivity index (χ0n) is 9.32. The Morgan fingerprint density at radius 1 is 1.38 bits per heavy atom. The van der Waals surface area contributed by atoms with Gasteiger partial charge in [-0.25, -0.2) is 13.1 Å². The molecule has 1 aromatic carbocycles. The van der Waals surface area contributed by atoms with E-state index >= 15 is 0 Å². The molecule has 0 fully saturated rings. The van der Waals surface area contributed by atoms with E-state index in [0.29, 0.717) is 16.8 Å². The summed E-state index contributed by atoms with van der Waals surface area (Å²) in [5.41, 5.74) is 7.28. The molecule has 0 aliphatic rings. The highest BCUT2D eigenvalue weighted by molar-refractivity contribution is 7.89. The van der Waals surface area contributed by atoms with Gasteiger partial charge >= 0.3 is 0 Å². The SMILES string of the molecule is Cc1ccc(N)c(C)c1S(=O)(=O)NCCO. The van der Waals surface area contributed by atoms with Crippen molar-refractivity contribution in [3.05, 3.63) is 23.3 Å². The Balaban J connectivity index is 3.27. The summed E-state index contributed by atoms with van der Waals surface area (Å²) < 4.78 is 26.1. The number of anilines is 1. The molecule has 0 spiro atoms. The van der Waals surface area contributed by atoms with Crippen molar-refractivity contribution in [3.8, 4) is 0 Å². The number of nitrogen functional groups attached to an aromatic ring is 1. The fourth-order valence-corrected chi connectivity index (χ4v) is 3.03. The molecule has 0 saturated heterocycles. The van der Waals surface area contributed by atoms with E-state index < -0.39 is 10.0 Å². The molecule has 90 valence electrons. The highest BCUT2D eigenvalue weighted by Crippen LogP contribution is 2.24. The number of hydrogen-bond acceptors (Lipinski definition) is 4. The lowest BCUT2D eigenvalue weighted by Gasteiger charge is -2.13. The molecule has 16 heavy (non-hydrogen) atoms. The van der Waals surface area contributed by atoms with E-state index in [0.717, 1.165) is 0 Å². The Morgan fingerprint density at radius 2 is 2.00 bits per heavy atom. The van der Waals surface area contributed by atoms with Gasteiger partial charge in [-0.15, -0.1) is 0 Å². The van der Waals surface area contributed by atoms with Crippen molar-refractivity contribution in [2.75, 3.05) is 18.9 Å². The lowest BCUT2D eigenvalue weighted by atomic mass is 10.1. The summed E-state index contributed by atoms with van der Waals surface area (Å²) in [6.07, 6.45) is 0. The maximum Gasteiger partial charge on any atom is 0.241 e. The average Bonchev–Trinajstić information content (AvgIpc) is 2.21. The van der Waals surface area contributed by atoms with E-state index in [1.54, 1.807) is 26.0 Å². The first-order valence-electron chi connectivity index (χ1n) is 4.86. The molecule has 0 aliphatic carbocycles. The van der Waals surface area contributed by atoms with Crippen LogP contribution in [-0.4, -0.2) is 26.7 Å². The first-order valence-corrected chi connectivity index (χ1v) is 6.34. The zero-order chi connectivity index (χ0) is 12.3. The maximum absolute atomic E-state index is 11.9. The fraction of sp³-hybridized carbons (Fsp3) is 0.400. The van der Waals surface area contributed by atoms with Crippen LogP contribution in [-0.2, 0) is 10.0 Å². The van der Waals surface area contributed by atoms with Crippen LogP contribution in [0.1, 0.15) is 11.1 Å². The largest absolute Gasteiger partial charge is 0.398 e. The predicted octanol–water partition coefficient (Wildman–Crippen LogP) is 0.156. The van der Waals surface area contributed by atoms with E-state index in [1.165, 1.54) is 0 Å². The quantitative estimate of drug-likeness (QED) is 0.658. The van der Waals surface area contributed by atoms with Gasteiger partial charge in [0.1, 0.15) is 0 Å². The van der Waals surface area contributed by atoms with Crippen molar-refractivity contribution in [1.82, 2.24) is 4.72 Å². The summed E-state index contributed by atoms with van der Waals surface area (Å²) in [4.78, 5) is 0.195. The number of hydrogen-bond donors (Lipinski definition) is 3. The van der Waals surface area contributed by atoms with Gasteiger partial charge in [-0.05, 0) is 31.0 Å². The second-order valence-corrected chi connectivity index (χ2v) is 5.25. The molecule has 0 bridgehead atoms. The lowest BCUT2D eigenvalue weighted by Crippen LogP contribution is -2.28. The Bertz CT molecular complexity index is 483. The van der Waals surface area contributed by atoms with Gasteiger partial charge in [0.15, 0.2) is 0 Å². The van der Waals surface area contributed by atoms with Gasteiger partial charge in [0.2, 0.25) is 10.0 Å². The van der Waals surface area contributed by atoms with Crippen LogP contribution in [0.15, 0.2) is 17.0 Å². The Hall–Kier alpha value is -1.11. The Labute approximate surface area is 95.3 Å². The minimum atomic E-state index is -3.60. The molecule has 0 aliphatic heterocycles. The van der Waals surface area contributed by atoms with Gasteiger partial charge in [-0.1, -0.05) is 6.07 Å². The van der Waals surface area contributed by atoms with E-state index in [9.17, 15) is 8.42 Å². The van der Waals surface area contributed by atoms with Gasteiger partial charge in [0.05, 0.1) is 11.5 Å². The van der Waals surface area contributed by atoms with Crippen LogP contribution in [0.25, 0.3) is 0 Å². The van der Waals surface area contributed by atoms with Gasteiger partial charge in [-0.3, -0.25) is 0 Å². The number of aliphatic hydroxyl groups is 1. The van der Waals surface area contributed by atoms with Crippen LogP contribution in [0.3, 0.4) is 0 Å². The van der Waals surface area contributed by atoms with Crippen molar-refractivity contribution < 1.29 is 13.5 Å². The van der Waals surface area contributed by atoms with Gasteiger partial charge in [0, 0.05) is 12.2 Å². The molecule has 0 radical (unpaired) electrons. The van der Waals surface area contributed by atoms with Crippen LogP contribution in [0.5, 0.6) is 0 Å². The van der Waals surface area contributed by atoms with Crippen LogP contribution < -0.4 is 10.5 Å². The molecule has 0 amide bonds. The third-order valence-corrected chi connectivity index (χ3v) is 4.07. The second kappa shape index (κ2) is 4.82. The van der Waals surface area contributed by atoms with Crippen LogP contribution in [0.4, 0.5) is 5.69 Å². The molecule has 5 nitrogen and oxygen atoms in total. The zero-order valence-corrected chi connectivity index (χ0v) is 10.1. The highest BCUT2D eigenvalue weighted by atomic mass is 32.2. The van der Waals surface area contributed by atoms with Crippen molar-refractivity contribution >= 4 is 15.7 Å². The molecule has 4 N–H and O–H groups in total. The fourth-order valence-electron chi connectivity index (χ4n) is 1.51. The van der Waals surface area contributed by atoms with Crippen molar-refractivity contribution in [2.45, 2.75) is 18.7 Å². The number of sulfonamides is 1. The second-order valence-electron chi connectivity index (χ2n) is 3.55. The molecule has 1 rings (SSSR count). The number of nitrogens with two attached hydrogens (primary N) is 1. The standard InChI is InChI=1S/C10H16N2O3S/c1-7-3-4-9(11)8(2)10(7)16(14,15)12-5-6-13/h3-4,12-13H,5-6,11H2,1-2H3.